The molecule has 0 aliphatic carbocycles. The molecule has 1 heterocycles. The Kier molecular flexibility index (Phi) is 3.21. The van der Waals surface area contributed by atoms with Crippen molar-refractivity contribution in [3.63, 3.8) is 0 Å². The van der Waals surface area contributed by atoms with Crippen molar-refractivity contribution in [3.05, 3.63) is 17.2 Å². The lowest BCUT2D eigenvalue weighted by atomic mass is 9.97. The van der Waals surface area contributed by atoms with Gasteiger partial charge >= 0.3 is 0 Å². The molecular formula is C10H16ClN3. The van der Waals surface area contributed by atoms with Crippen LogP contribution in [0.3, 0.4) is 0 Å². The van der Waals surface area contributed by atoms with Gasteiger partial charge in [0, 0.05) is 11.6 Å². The van der Waals surface area contributed by atoms with Crippen molar-refractivity contribution in [2.24, 2.45) is 5.41 Å². The molecule has 0 bridgehead atoms. The van der Waals surface area contributed by atoms with Crippen LogP contribution < -0.4 is 11.1 Å². The van der Waals surface area contributed by atoms with Crippen LogP contribution in [0.1, 0.15) is 20.8 Å². The summed E-state index contributed by atoms with van der Waals surface area (Å²) in [6.45, 7) is 7.27. The molecule has 3 N–H and O–H groups in total. The normalized spacial score (nSPS) is 11.4. The number of nitrogens with two attached hydrogens (primary N) is 1. The smallest absolute Gasteiger partial charge is 0.129 e. The molecule has 0 aliphatic heterocycles. The number of nitrogens with one attached hydrogen (secondary N) is 1. The molecule has 0 fully saturated rings. The minimum atomic E-state index is 0.207. The number of nitrogens with zero attached hydrogens (tertiary/aromatic N) is 1. The number of hydrogen-bond donors (Lipinski definition) is 2. The van der Waals surface area contributed by atoms with Gasteiger partial charge in [-0.1, -0.05) is 32.4 Å². The van der Waals surface area contributed by atoms with Gasteiger partial charge < -0.3 is 11.1 Å². The molecule has 3 nitrogen and oxygen atoms in total. The van der Waals surface area contributed by atoms with Gasteiger partial charge in [-0.2, -0.15) is 0 Å². The van der Waals surface area contributed by atoms with E-state index in [1.165, 1.54) is 0 Å². The Hall–Kier alpha value is -0.960. The maximum absolute atomic E-state index is 5.84. The summed E-state index contributed by atoms with van der Waals surface area (Å²) in [5.41, 5.74) is 5.77. The summed E-state index contributed by atoms with van der Waals surface area (Å²) in [6, 6.07) is 3.40. The van der Waals surface area contributed by atoms with Gasteiger partial charge in [-0.3, -0.25) is 0 Å². The van der Waals surface area contributed by atoms with Crippen LogP contribution in [-0.4, -0.2) is 11.5 Å². The van der Waals surface area contributed by atoms with E-state index in [1.807, 2.05) is 0 Å². The molecule has 0 unspecified atom stereocenters. The Morgan fingerprint density at radius 1 is 1.43 bits per heavy atom. The molecule has 0 saturated carbocycles. The SMILES string of the molecule is CC(C)(C)CNc1cc(Cl)cc(N)n1. The highest BCUT2D eigenvalue weighted by molar-refractivity contribution is 6.31. The van der Waals surface area contributed by atoms with Crippen LogP contribution in [0.2, 0.25) is 5.02 Å². The van der Waals surface area contributed by atoms with Crippen molar-refractivity contribution < 1.29 is 0 Å². The van der Waals surface area contributed by atoms with E-state index in [0.29, 0.717) is 10.8 Å². The lowest BCUT2D eigenvalue weighted by molar-refractivity contribution is 0.442. The monoisotopic (exact) mass is 213 g/mol. The van der Waals surface area contributed by atoms with Crippen molar-refractivity contribution in [3.8, 4) is 0 Å². The average Bonchev–Trinajstić information content (AvgIpc) is 1.97. The molecule has 0 spiro atoms. The first-order valence-electron chi connectivity index (χ1n) is 4.54. The van der Waals surface area contributed by atoms with Crippen molar-refractivity contribution in [2.75, 3.05) is 17.6 Å². The van der Waals surface area contributed by atoms with Gasteiger partial charge in [-0.15, -0.1) is 0 Å². The first kappa shape index (κ1) is 11.1. The number of pyridine rings is 1. The summed E-state index contributed by atoms with van der Waals surface area (Å²) in [7, 11) is 0. The van der Waals surface area contributed by atoms with Gasteiger partial charge in [-0.25, -0.2) is 4.98 Å². The Labute approximate surface area is 89.7 Å². The highest BCUT2D eigenvalue weighted by Gasteiger charge is 2.10. The second-order valence-corrected chi connectivity index (χ2v) is 4.95. The zero-order valence-electron chi connectivity index (χ0n) is 8.76. The number of halogens is 1. The van der Waals surface area contributed by atoms with Crippen LogP contribution >= 0.6 is 11.6 Å². The van der Waals surface area contributed by atoms with E-state index >= 15 is 0 Å². The average molecular weight is 214 g/mol. The first-order valence-corrected chi connectivity index (χ1v) is 4.91. The summed E-state index contributed by atoms with van der Waals surface area (Å²) >= 11 is 5.84. The maximum Gasteiger partial charge on any atom is 0.129 e. The van der Waals surface area contributed by atoms with E-state index in [1.54, 1.807) is 12.1 Å². The second kappa shape index (κ2) is 4.05. The summed E-state index contributed by atoms with van der Waals surface area (Å²) in [4.78, 5) is 4.12. The molecular weight excluding hydrogens is 198 g/mol. The van der Waals surface area contributed by atoms with Crippen molar-refractivity contribution in [1.82, 2.24) is 4.98 Å². The fourth-order valence-electron chi connectivity index (χ4n) is 0.963. The minimum absolute atomic E-state index is 0.207. The van der Waals surface area contributed by atoms with Crippen LogP contribution in [0.25, 0.3) is 0 Å². The molecule has 0 atom stereocenters. The first-order chi connectivity index (χ1) is 6.37. The van der Waals surface area contributed by atoms with Crippen LogP contribution in [0.4, 0.5) is 11.6 Å². The third-order valence-electron chi connectivity index (χ3n) is 1.61. The van der Waals surface area contributed by atoms with Crippen molar-refractivity contribution in [2.45, 2.75) is 20.8 Å². The maximum atomic E-state index is 5.84. The topological polar surface area (TPSA) is 50.9 Å². The second-order valence-electron chi connectivity index (χ2n) is 4.51. The molecule has 1 aromatic rings. The summed E-state index contributed by atoms with van der Waals surface area (Å²) in [5.74, 6) is 1.17. The Morgan fingerprint density at radius 2 is 2.07 bits per heavy atom. The van der Waals surface area contributed by atoms with E-state index in [-0.39, 0.29) is 5.41 Å². The lowest BCUT2D eigenvalue weighted by Crippen LogP contribution is -2.19. The number of nitrogen functional groups attached to an aromatic ring is 1. The Balaban J connectivity index is 2.68. The predicted molar refractivity (Wildman–Crippen MR) is 61.6 cm³/mol. The minimum Gasteiger partial charge on any atom is -0.384 e. The van der Waals surface area contributed by atoms with E-state index in [9.17, 15) is 0 Å². The molecule has 1 rings (SSSR count). The molecule has 0 amide bonds. The fraction of sp³-hybridized carbons (Fsp3) is 0.500. The zero-order chi connectivity index (χ0) is 10.8. The van der Waals surface area contributed by atoms with Gasteiger partial charge in [-0.05, 0) is 17.5 Å². The van der Waals surface area contributed by atoms with E-state index in [2.05, 4.69) is 31.1 Å². The number of aromatic nitrogens is 1. The third-order valence-corrected chi connectivity index (χ3v) is 1.83. The van der Waals surface area contributed by atoms with Crippen LogP contribution in [0.15, 0.2) is 12.1 Å². The number of anilines is 2. The highest BCUT2D eigenvalue weighted by atomic mass is 35.5. The van der Waals surface area contributed by atoms with Crippen LogP contribution in [0.5, 0.6) is 0 Å². The van der Waals surface area contributed by atoms with Gasteiger partial charge in [0.25, 0.3) is 0 Å². The van der Waals surface area contributed by atoms with Gasteiger partial charge in [0.05, 0.1) is 0 Å². The Bertz CT molecular complexity index is 297. The lowest BCUT2D eigenvalue weighted by Gasteiger charge is -2.19. The van der Waals surface area contributed by atoms with Crippen LogP contribution in [0, 0.1) is 5.41 Å². The van der Waals surface area contributed by atoms with Crippen LogP contribution in [-0.2, 0) is 0 Å². The van der Waals surface area contributed by atoms with Crippen molar-refractivity contribution in [1.29, 1.82) is 0 Å². The molecule has 0 aliphatic rings. The molecule has 0 saturated heterocycles. The third kappa shape index (κ3) is 3.83. The van der Waals surface area contributed by atoms with Gasteiger partial charge in [0.1, 0.15) is 11.6 Å². The Morgan fingerprint density at radius 3 is 2.57 bits per heavy atom. The van der Waals surface area contributed by atoms with Gasteiger partial charge in [0.2, 0.25) is 0 Å². The van der Waals surface area contributed by atoms with E-state index < -0.39 is 0 Å². The van der Waals surface area contributed by atoms with E-state index in [4.69, 9.17) is 17.3 Å². The highest BCUT2D eigenvalue weighted by Crippen LogP contribution is 2.19. The molecule has 78 valence electrons. The molecule has 1 aromatic heterocycles. The fourth-order valence-corrected chi connectivity index (χ4v) is 1.18. The predicted octanol–water partition coefficient (Wildman–Crippen LogP) is 2.78. The zero-order valence-corrected chi connectivity index (χ0v) is 9.52. The number of rotatable bonds is 2. The molecule has 14 heavy (non-hydrogen) atoms. The largest absolute Gasteiger partial charge is 0.384 e. The number of hydrogen-bond acceptors (Lipinski definition) is 3. The summed E-state index contributed by atoms with van der Waals surface area (Å²) < 4.78 is 0. The summed E-state index contributed by atoms with van der Waals surface area (Å²) in [6.07, 6.45) is 0. The molecule has 0 aromatic carbocycles. The van der Waals surface area contributed by atoms with Crippen molar-refractivity contribution >= 4 is 23.2 Å². The molecule has 4 heteroatoms. The standard InChI is InChI=1S/C10H16ClN3/c1-10(2,3)6-13-9-5-7(11)4-8(12)14-9/h4-5H,6H2,1-3H3,(H3,12,13,14). The van der Waals surface area contributed by atoms with Gasteiger partial charge in [0.15, 0.2) is 0 Å². The van der Waals surface area contributed by atoms with E-state index in [0.717, 1.165) is 12.4 Å². The molecule has 0 radical (unpaired) electrons. The quantitative estimate of drug-likeness (QED) is 0.795. The summed E-state index contributed by atoms with van der Waals surface area (Å²) in [5, 5.41) is 3.80.